The van der Waals surface area contributed by atoms with Crippen LogP contribution in [0.5, 0.6) is 0 Å². The largest absolute Gasteiger partial charge is 0.447 e. The second kappa shape index (κ2) is 7.97. The van der Waals surface area contributed by atoms with E-state index in [1.807, 2.05) is 49.4 Å². The standard InChI is InChI=1S/C21H23NO3/c1-15-11-13-18(14-12-15)22-20(23)19(16-7-3-2-4-8-16)25-21(24)17-9-5-6-10-17/h2-4,7-8,11-14,17,19H,5-6,9-10H2,1H3,(H,22,23)/t19-/m0/s1. The molecular weight excluding hydrogens is 314 g/mol. The second-order valence-electron chi connectivity index (χ2n) is 6.56. The molecule has 1 N–H and O–H groups in total. The summed E-state index contributed by atoms with van der Waals surface area (Å²) < 4.78 is 5.63. The van der Waals surface area contributed by atoms with Gasteiger partial charge >= 0.3 is 5.97 Å². The monoisotopic (exact) mass is 337 g/mol. The minimum Gasteiger partial charge on any atom is -0.447 e. The molecule has 25 heavy (non-hydrogen) atoms. The number of carbonyl (C=O) groups is 2. The fourth-order valence-electron chi connectivity index (χ4n) is 3.12. The van der Waals surface area contributed by atoms with Crippen molar-refractivity contribution in [1.82, 2.24) is 0 Å². The van der Waals surface area contributed by atoms with E-state index in [-0.39, 0.29) is 17.8 Å². The van der Waals surface area contributed by atoms with E-state index < -0.39 is 6.10 Å². The van der Waals surface area contributed by atoms with Gasteiger partial charge in [0.05, 0.1) is 5.92 Å². The molecule has 2 aromatic rings. The first kappa shape index (κ1) is 17.2. The van der Waals surface area contributed by atoms with Gasteiger partial charge in [-0.1, -0.05) is 60.9 Å². The van der Waals surface area contributed by atoms with E-state index in [2.05, 4.69) is 5.32 Å². The van der Waals surface area contributed by atoms with Gasteiger partial charge in [0.25, 0.3) is 5.91 Å². The maximum atomic E-state index is 12.8. The number of rotatable bonds is 5. The van der Waals surface area contributed by atoms with Crippen molar-refractivity contribution in [3.8, 4) is 0 Å². The number of carbonyl (C=O) groups excluding carboxylic acids is 2. The van der Waals surface area contributed by atoms with Gasteiger partial charge in [-0.05, 0) is 31.9 Å². The third-order valence-electron chi connectivity index (χ3n) is 4.58. The summed E-state index contributed by atoms with van der Waals surface area (Å²) in [4.78, 5) is 25.2. The molecule has 4 nitrogen and oxygen atoms in total. The van der Waals surface area contributed by atoms with Gasteiger partial charge in [-0.25, -0.2) is 0 Å². The van der Waals surface area contributed by atoms with Crippen LogP contribution in [0, 0.1) is 12.8 Å². The molecule has 3 rings (SSSR count). The first-order chi connectivity index (χ1) is 12.1. The highest BCUT2D eigenvalue weighted by atomic mass is 16.5. The summed E-state index contributed by atoms with van der Waals surface area (Å²) in [7, 11) is 0. The van der Waals surface area contributed by atoms with Crippen LogP contribution in [0.1, 0.15) is 42.9 Å². The maximum absolute atomic E-state index is 12.8. The van der Waals surface area contributed by atoms with Crippen LogP contribution in [-0.2, 0) is 14.3 Å². The Labute approximate surface area is 148 Å². The van der Waals surface area contributed by atoms with Crippen molar-refractivity contribution in [3.63, 3.8) is 0 Å². The lowest BCUT2D eigenvalue weighted by Gasteiger charge is -2.20. The number of ether oxygens (including phenoxy) is 1. The number of anilines is 1. The molecule has 0 saturated heterocycles. The Balaban J connectivity index is 1.76. The van der Waals surface area contributed by atoms with E-state index in [9.17, 15) is 9.59 Å². The van der Waals surface area contributed by atoms with E-state index in [4.69, 9.17) is 4.74 Å². The molecule has 1 saturated carbocycles. The quantitative estimate of drug-likeness (QED) is 0.822. The number of hydrogen-bond donors (Lipinski definition) is 1. The molecule has 0 aliphatic heterocycles. The maximum Gasteiger partial charge on any atom is 0.310 e. The van der Waals surface area contributed by atoms with Crippen molar-refractivity contribution < 1.29 is 14.3 Å². The fraction of sp³-hybridized carbons (Fsp3) is 0.333. The Morgan fingerprint density at radius 1 is 1.00 bits per heavy atom. The summed E-state index contributed by atoms with van der Waals surface area (Å²) >= 11 is 0. The van der Waals surface area contributed by atoms with E-state index in [0.29, 0.717) is 11.3 Å². The Morgan fingerprint density at radius 3 is 2.28 bits per heavy atom. The zero-order valence-electron chi connectivity index (χ0n) is 14.4. The lowest BCUT2D eigenvalue weighted by molar-refractivity contribution is -0.158. The molecule has 130 valence electrons. The zero-order chi connectivity index (χ0) is 17.6. The molecule has 0 radical (unpaired) electrons. The van der Waals surface area contributed by atoms with Crippen molar-refractivity contribution in [2.75, 3.05) is 5.32 Å². The molecule has 0 spiro atoms. The van der Waals surface area contributed by atoms with Crippen molar-refractivity contribution in [3.05, 3.63) is 65.7 Å². The minimum atomic E-state index is -0.935. The van der Waals surface area contributed by atoms with Gasteiger partial charge in [0, 0.05) is 11.3 Å². The molecule has 1 fully saturated rings. The number of nitrogens with one attached hydrogen (secondary N) is 1. The highest BCUT2D eigenvalue weighted by Gasteiger charge is 2.30. The molecule has 0 heterocycles. The summed E-state index contributed by atoms with van der Waals surface area (Å²) in [5, 5.41) is 2.85. The Hall–Kier alpha value is -2.62. The van der Waals surface area contributed by atoms with Gasteiger partial charge in [0.15, 0.2) is 0 Å². The third-order valence-corrected chi connectivity index (χ3v) is 4.58. The summed E-state index contributed by atoms with van der Waals surface area (Å²) in [6, 6.07) is 16.7. The fourth-order valence-corrected chi connectivity index (χ4v) is 3.12. The summed E-state index contributed by atoms with van der Waals surface area (Å²) in [5.41, 5.74) is 2.48. The molecule has 0 unspecified atom stereocenters. The van der Waals surface area contributed by atoms with Crippen molar-refractivity contribution >= 4 is 17.6 Å². The molecule has 1 aliphatic carbocycles. The van der Waals surface area contributed by atoms with Gasteiger partial charge in [-0.2, -0.15) is 0 Å². The average Bonchev–Trinajstić information content (AvgIpc) is 3.17. The number of aryl methyl sites for hydroxylation is 1. The van der Waals surface area contributed by atoms with Gasteiger partial charge in [0.1, 0.15) is 0 Å². The van der Waals surface area contributed by atoms with E-state index in [1.165, 1.54) is 0 Å². The molecule has 2 aromatic carbocycles. The molecular formula is C21H23NO3. The highest BCUT2D eigenvalue weighted by molar-refractivity contribution is 5.96. The molecule has 4 heteroatoms. The number of benzene rings is 2. The Kier molecular flexibility index (Phi) is 5.49. The van der Waals surface area contributed by atoms with Gasteiger partial charge in [0.2, 0.25) is 6.10 Å². The van der Waals surface area contributed by atoms with E-state index in [0.717, 1.165) is 31.2 Å². The number of amides is 1. The van der Waals surface area contributed by atoms with Crippen LogP contribution in [0.4, 0.5) is 5.69 Å². The Morgan fingerprint density at radius 2 is 1.64 bits per heavy atom. The molecule has 1 atom stereocenters. The third kappa shape index (κ3) is 4.47. The van der Waals surface area contributed by atoms with Crippen LogP contribution < -0.4 is 5.32 Å². The van der Waals surface area contributed by atoms with Crippen molar-refractivity contribution in [2.24, 2.45) is 5.92 Å². The first-order valence-corrected chi connectivity index (χ1v) is 8.76. The molecule has 0 bridgehead atoms. The summed E-state index contributed by atoms with van der Waals surface area (Å²) in [5.74, 6) is -0.690. The van der Waals surface area contributed by atoms with Crippen molar-refractivity contribution in [1.29, 1.82) is 0 Å². The molecule has 1 amide bonds. The predicted molar refractivity (Wildman–Crippen MR) is 97.0 cm³/mol. The first-order valence-electron chi connectivity index (χ1n) is 8.76. The van der Waals surface area contributed by atoms with Crippen LogP contribution in [0.2, 0.25) is 0 Å². The normalized spacial score (nSPS) is 15.6. The zero-order valence-corrected chi connectivity index (χ0v) is 14.4. The van der Waals surface area contributed by atoms with Gasteiger partial charge in [-0.3, -0.25) is 9.59 Å². The second-order valence-corrected chi connectivity index (χ2v) is 6.56. The number of esters is 1. The summed E-state index contributed by atoms with van der Waals surface area (Å²) in [6.45, 7) is 1.99. The van der Waals surface area contributed by atoms with E-state index in [1.54, 1.807) is 12.1 Å². The average molecular weight is 337 g/mol. The number of hydrogen-bond acceptors (Lipinski definition) is 3. The van der Waals surface area contributed by atoms with Gasteiger partial charge < -0.3 is 10.1 Å². The summed E-state index contributed by atoms with van der Waals surface area (Å²) in [6.07, 6.45) is 2.85. The van der Waals surface area contributed by atoms with Gasteiger partial charge in [-0.15, -0.1) is 0 Å². The molecule has 0 aromatic heterocycles. The SMILES string of the molecule is Cc1ccc(NC(=O)[C@@H](OC(=O)C2CCCC2)c2ccccc2)cc1. The van der Waals surface area contributed by atoms with Crippen LogP contribution >= 0.6 is 0 Å². The highest BCUT2D eigenvalue weighted by Crippen LogP contribution is 2.29. The van der Waals surface area contributed by atoms with E-state index >= 15 is 0 Å². The molecule has 1 aliphatic rings. The smallest absolute Gasteiger partial charge is 0.310 e. The lowest BCUT2D eigenvalue weighted by atomic mass is 10.1. The van der Waals surface area contributed by atoms with Crippen LogP contribution in [0.15, 0.2) is 54.6 Å². The van der Waals surface area contributed by atoms with Crippen LogP contribution in [0.3, 0.4) is 0 Å². The topological polar surface area (TPSA) is 55.4 Å². The minimum absolute atomic E-state index is 0.0848. The lowest BCUT2D eigenvalue weighted by Crippen LogP contribution is -2.28. The predicted octanol–water partition coefficient (Wildman–Crippen LogP) is 4.41. The Bertz CT molecular complexity index is 719. The van der Waals surface area contributed by atoms with Crippen LogP contribution in [-0.4, -0.2) is 11.9 Å². The van der Waals surface area contributed by atoms with Crippen molar-refractivity contribution in [2.45, 2.75) is 38.7 Å². The van der Waals surface area contributed by atoms with Crippen LogP contribution in [0.25, 0.3) is 0 Å².